The van der Waals surface area contributed by atoms with Gasteiger partial charge in [0.25, 0.3) is 0 Å². The Bertz CT molecular complexity index is 547. The zero-order valence-electron chi connectivity index (χ0n) is 11.0. The summed E-state index contributed by atoms with van der Waals surface area (Å²) >= 11 is 5.54. The monoisotopic (exact) mass is 280 g/mol. The molecule has 1 saturated heterocycles. The Morgan fingerprint density at radius 3 is 2.58 bits per heavy atom. The maximum Gasteiger partial charge on any atom is 0.199 e. The van der Waals surface area contributed by atoms with Gasteiger partial charge in [0.05, 0.1) is 6.67 Å². The Hall–Kier alpha value is -0.720. The lowest BCUT2D eigenvalue weighted by Gasteiger charge is -2.26. The van der Waals surface area contributed by atoms with Gasteiger partial charge in [0.1, 0.15) is 6.61 Å². The molecule has 2 heterocycles. The lowest BCUT2D eigenvalue weighted by molar-refractivity contribution is 0.157. The molecule has 19 heavy (non-hydrogen) atoms. The van der Waals surface area contributed by atoms with Crippen molar-refractivity contribution in [2.75, 3.05) is 6.54 Å². The van der Waals surface area contributed by atoms with Crippen LogP contribution in [0.4, 0.5) is 0 Å². The van der Waals surface area contributed by atoms with Crippen molar-refractivity contribution in [3.63, 3.8) is 0 Å². The first-order chi connectivity index (χ1) is 9.26. The van der Waals surface area contributed by atoms with E-state index in [1.54, 1.807) is 0 Å². The summed E-state index contributed by atoms with van der Waals surface area (Å²) in [6.07, 6.45) is 6.41. The quantitative estimate of drug-likeness (QED) is 0.853. The van der Waals surface area contributed by atoms with Crippen molar-refractivity contribution in [1.29, 1.82) is 0 Å². The zero-order valence-corrected chi connectivity index (χ0v) is 11.8. The molecule has 6 heteroatoms. The van der Waals surface area contributed by atoms with Crippen LogP contribution in [0.1, 0.15) is 44.0 Å². The van der Waals surface area contributed by atoms with Crippen LogP contribution in [0.15, 0.2) is 0 Å². The van der Waals surface area contributed by atoms with E-state index in [0.717, 1.165) is 29.2 Å². The molecule has 2 saturated carbocycles. The first-order valence-corrected chi connectivity index (χ1v) is 7.70. The molecule has 0 radical (unpaired) electrons. The molecule has 4 rings (SSSR count). The van der Waals surface area contributed by atoms with Gasteiger partial charge in [0.15, 0.2) is 10.6 Å². The summed E-state index contributed by atoms with van der Waals surface area (Å²) in [5, 5.41) is 14.0. The van der Waals surface area contributed by atoms with Gasteiger partial charge in [-0.3, -0.25) is 9.47 Å². The van der Waals surface area contributed by atoms with Gasteiger partial charge < -0.3 is 5.11 Å². The van der Waals surface area contributed by atoms with Crippen molar-refractivity contribution in [3.05, 3.63) is 10.6 Å². The van der Waals surface area contributed by atoms with Crippen molar-refractivity contribution in [2.24, 2.45) is 5.92 Å². The summed E-state index contributed by atoms with van der Waals surface area (Å²) < 4.78 is 4.76. The third-order valence-corrected chi connectivity index (χ3v) is 5.24. The Balaban J connectivity index is 1.59. The highest BCUT2D eigenvalue weighted by Crippen LogP contribution is 2.38. The molecule has 5 nitrogen and oxygen atoms in total. The third kappa shape index (κ3) is 1.97. The molecule has 2 bridgehead atoms. The van der Waals surface area contributed by atoms with Crippen LogP contribution in [0.25, 0.3) is 0 Å². The van der Waals surface area contributed by atoms with Gasteiger partial charge in [0, 0.05) is 18.6 Å². The maximum atomic E-state index is 9.44. The second-order valence-corrected chi connectivity index (χ2v) is 6.57. The maximum absolute atomic E-state index is 9.44. The summed E-state index contributed by atoms with van der Waals surface area (Å²) in [7, 11) is 0. The van der Waals surface area contributed by atoms with Gasteiger partial charge >= 0.3 is 0 Å². The summed E-state index contributed by atoms with van der Waals surface area (Å²) in [6.45, 7) is 1.98. The van der Waals surface area contributed by atoms with E-state index < -0.39 is 0 Å². The molecule has 0 spiro atoms. The van der Waals surface area contributed by atoms with Crippen LogP contribution in [0.3, 0.4) is 0 Å². The van der Waals surface area contributed by atoms with E-state index in [9.17, 15) is 5.11 Å². The standard InChI is InChI=1S/C13H20N4OS/c18-7-12-14-16(13(19)17(12)10-3-4-10)8-15-6-9-1-2-11(15)5-9/h9-11,18H,1-8H2. The molecule has 2 atom stereocenters. The molecule has 104 valence electrons. The normalized spacial score (nSPS) is 30.4. The largest absolute Gasteiger partial charge is 0.388 e. The summed E-state index contributed by atoms with van der Waals surface area (Å²) in [5.41, 5.74) is 0. The van der Waals surface area contributed by atoms with Gasteiger partial charge in [-0.15, -0.1) is 0 Å². The molecule has 3 fully saturated rings. The Kier molecular flexibility index (Phi) is 2.79. The van der Waals surface area contributed by atoms with Crippen molar-refractivity contribution < 1.29 is 5.11 Å². The fourth-order valence-corrected chi connectivity index (χ4v) is 4.09. The lowest BCUT2D eigenvalue weighted by atomic mass is 10.1. The number of hydrogen-bond acceptors (Lipinski definition) is 4. The summed E-state index contributed by atoms with van der Waals surface area (Å²) in [4.78, 5) is 2.51. The molecule has 1 aromatic heterocycles. The minimum absolute atomic E-state index is 0.0147. The van der Waals surface area contributed by atoms with Gasteiger partial charge in [-0.2, -0.15) is 5.10 Å². The van der Waals surface area contributed by atoms with E-state index in [0.29, 0.717) is 6.04 Å². The SMILES string of the molecule is OCc1nn(CN2CC3CCC2C3)c(=S)n1C1CC1. The number of hydrogen-bond donors (Lipinski definition) is 1. The summed E-state index contributed by atoms with van der Waals surface area (Å²) in [6, 6.07) is 1.22. The average molecular weight is 280 g/mol. The molecule has 0 amide bonds. The molecule has 1 aliphatic heterocycles. The van der Waals surface area contributed by atoms with Crippen molar-refractivity contribution in [2.45, 2.75) is 57.5 Å². The second kappa shape index (κ2) is 4.40. The van der Waals surface area contributed by atoms with Crippen LogP contribution in [0.2, 0.25) is 0 Å². The highest BCUT2D eigenvalue weighted by molar-refractivity contribution is 7.71. The van der Waals surface area contributed by atoms with Crippen LogP contribution in [0, 0.1) is 10.7 Å². The Morgan fingerprint density at radius 1 is 1.21 bits per heavy atom. The number of aromatic nitrogens is 3. The van der Waals surface area contributed by atoms with E-state index in [4.69, 9.17) is 12.2 Å². The first kappa shape index (κ1) is 12.1. The average Bonchev–Trinajstić information content (AvgIpc) is 2.90. The van der Waals surface area contributed by atoms with Gasteiger partial charge in [-0.1, -0.05) is 0 Å². The number of aliphatic hydroxyl groups is 1. The summed E-state index contributed by atoms with van der Waals surface area (Å²) in [5.74, 6) is 1.62. The number of likely N-dealkylation sites (tertiary alicyclic amines) is 1. The second-order valence-electron chi connectivity index (χ2n) is 6.20. The topological polar surface area (TPSA) is 46.2 Å². The molecule has 3 aliphatic rings. The van der Waals surface area contributed by atoms with Gasteiger partial charge in [-0.25, -0.2) is 4.68 Å². The van der Waals surface area contributed by atoms with Gasteiger partial charge in [0.2, 0.25) is 0 Å². The van der Waals surface area contributed by atoms with E-state index in [-0.39, 0.29) is 6.61 Å². The van der Waals surface area contributed by atoms with Crippen LogP contribution in [0.5, 0.6) is 0 Å². The lowest BCUT2D eigenvalue weighted by Crippen LogP contribution is -2.34. The molecular formula is C13H20N4OS. The van der Waals surface area contributed by atoms with Crippen LogP contribution in [-0.2, 0) is 13.3 Å². The molecule has 0 aromatic carbocycles. The minimum Gasteiger partial charge on any atom is -0.388 e. The molecule has 2 aliphatic carbocycles. The van der Waals surface area contributed by atoms with Crippen molar-refractivity contribution in [1.82, 2.24) is 19.2 Å². The van der Waals surface area contributed by atoms with E-state index in [1.165, 1.54) is 38.6 Å². The Morgan fingerprint density at radius 2 is 2.00 bits per heavy atom. The number of fused-ring (bicyclic) bond motifs is 2. The number of aliphatic hydroxyl groups excluding tert-OH is 1. The van der Waals surface area contributed by atoms with Gasteiger partial charge in [-0.05, 0) is 50.2 Å². The predicted molar refractivity (Wildman–Crippen MR) is 73.1 cm³/mol. The smallest absolute Gasteiger partial charge is 0.199 e. The van der Waals surface area contributed by atoms with Crippen molar-refractivity contribution in [3.8, 4) is 0 Å². The van der Waals surface area contributed by atoms with Crippen molar-refractivity contribution >= 4 is 12.2 Å². The Labute approximate surface area is 117 Å². The zero-order chi connectivity index (χ0) is 13.0. The fourth-order valence-electron chi connectivity index (χ4n) is 3.74. The van der Waals surface area contributed by atoms with Crippen LogP contribution < -0.4 is 0 Å². The van der Waals surface area contributed by atoms with Crippen LogP contribution in [-0.4, -0.2) is 36.9 Å². The van der Waals surface area contributed by atoms with Crippen LogP contribution >= 0.6 is 12.2 Å². The molecule has 1 N–H and O–H groups in total. The molecule has 2 unspecified atom stereocenters. The number of nitrogens with zero attached hydrogens (tertiary/aromatic N) is 4. The first-order valence-electron chi connectivity index (χ1n) is 7.29. The van der Waals surface area contributed by atoms with E-state index in [1.807, 2.05) is 4.68 Å². The highest BCUT2D eigenvalue weighted by atomic mass is 32.1. The molecular weight excluding hydrogens is 260 g/mol. The third-order valence-electron chi connectivity index (χ3n) is 4.83. The predicted octanol–water partition coefficient (Wildman–Crippen LogP) is 1.68. The number of piperidine rings is 1. The number of rotatable bonds is 4. The minimum atomic E-state index is -0.0147. The molecule has 1 aromatic rings. The fraction of sp³-hybridized carbons (Fsp3) is 0.846. The highest BCUT2D eigenvalue weighted by Gasteiger charge is 2.38. The van der Waals surface area contributed by atoms with E-state index >= 15 is 0 Å². The van der Waals surface area contributed by atoms with E-state index in [2.05, 4.69) is 14.6 Å².